The van der Waals surface area contributed by atoms with E-state index in [2.05, 4.69) is 10.3 Å². The lowest BCUT2D eigenvalue weighted by Gasteiger charge is -2.13. The van der Waals surface area contributed by atoms with E-state index in [1.165, 1.54) is 11.8 Å². The van der Waals surface area contributed by atoms with Crippen LogP contribution in [-0.4, -0.2) is 40.2 Å². The molecular weight excluding hydrogens is 298 g/mol. The average Bonchev–Trinajstić information content (AvgIpc) is 2.82. The molecule has 0 radical (unpaired) electrons. The molecule has 1 saturated heterocycles. The Balaban J connectivity index is 1.89. The van der Waals surface area contributed by atoms with Crippen LogP contribution in [-0.2, 0) is 16.1 Å². The molecule has 1 aromatic rings. The first-order valence-corrected chi connectivity index (χ1v) is 8.36. The first-order chi connectivity index (χ1) is 10.7. The van der Waals surface area contributed by atoms with E-state index in [0.29, 0.717) is 19.6 Å². The summed E-state index contributed by atoms with van der Waals surface area (Å²) in [5.74, 6) is -0.127. The first kappa shape index (κ1) is 16.5. The number of amides is 2. The van der Waals surface area contributed by atoms with Crippen LogP contribution < -0.4 is 5.32 Å². The van der Waals surface area contributed by atoms with Crippen LogP contribution in [0.4, 0.5) is 0 Å². The van der Waals surface area contributed by atoms with Crippen molar-refractivity contribution in [1.29, 1.82) is 0 Å². The van der Waals surface area contributed by atoms with Crippen molar-refractivity contribution in [3.8, 4) is 0 Å². The highest BCUT2D eigenvalue weighted by atomic mass is 32.2. The van der Waals surface area contributed by atoms with Gasteiger partial charge in [-0.2, -0.15) is 0 Å². The summed E-state index contributed by atoms with van der Waals surface area (Å²) in [5, 5.41) is 3.24. The quantitative estimate of drug-likeness (QED) is 0.873. The minimum absolute atomic E-state index is 0.0189. The van der Waals surface area contributed by atoms with E-state index in [1.54, 1.807) is 4.90 Å². The van der Waals surface area contributed by atoms with Crippen molar-refractivity contribution >= 4 is 28.7 Å². The number of carbonyl (C=O) groups excluding carboxylic acids is 2. The highest BCUT2D eigenvalue weighted by molar-refractivity contribution is 8.15. The molecule has 118 valence electrons. The molecule has 2 amide bonds. The zero-order valence-electron chi connectivity index (χ0n) is 12.9. The Hall–Kier alpha value is -1.82. The normalized spacial score (nSPS) is 19.7. The van der Waals surface area contributed by atoms with Crippen LogP contribution in [0.3, 0.4) is 0 Å². The van der Waals surface area contributed by atoms with Gasteiger partial charge in [-0.3, -0.25) is 19.5 Å². The Labute approximate surface area is 135 Å². The number of thioether (sulfide) groups is 1. The topological polar surface area (TPSA) is 61.8 Å². The summed E-state index contributed by atoms with van der Waals surface area (Å²) >= 11 is 1.39. The fraction of sp³-hybridized carbons (Fsp3) is 0.438. The zero-order chi connectivity index (χ0) is 15.9. The maximum atomic E-state index is 12.3. The molecule has 0 aromatic heterocycles. The molecule has 2 rings (SSSR count). The number of hydrogen-bond acceptors (Lipinski definition) is 4. The molecule has 0 spiro atoms. The van der Waals surface area contributed by atoms with Crippen LogP contribution in [0.25, 0.3) is 0 Å². The summed E-state index contributed by atoms with van der Waals surface area (Å²) < 4.78 is 0. The molecule has 1 heterocycles. The third-order valence-electron chi connectivity index (χ3n) is 3.33. The second-order valence-electron chi connectivity index (χ2n) is 4.91. The van der Waals surface area contributed by atoms with E-state index >= 15 is 0 Å². The summed E-state index contributed by atoms with van der Waals surface area (Å²) in [5.41, 5.74) is 1.05. The molecule has 0 bridgehead atoms. The number of nitrogens with one attached hydrogen (secondary N) is 1. The zero-order valence-corrected chi connectivity index (χ0v) is 13.7. The number of hydrogen-bond donors (Lipinski definition) is 1. The molecule has 1 fully saturated rings. The molecule has 5 nitrogen and oxygen atoms in total. The maximum Gasteiger partial charge on any atom is 0.242 e. The summed E-state index contributed by atoms with van der Waals surface area (Å²) in [7, 11) is 0. The molecule has 22 heavy (non-hydrogen) atoms. The minimum atomic E-state index is -0.360. The first-order valence-electron chi connectivity index (χ1n) is 7.48. The van der Waals surface area contributed by atoms with Gasteiger partial charge in [-0.1, -0.05) is 42.1 Å². The number of amidine groups is 1. The summed E-state index contributed by atoms with van der Waals surface area (Å²) in [6, 6.07) is 9.73. The van der Waals surface area contributed by atoms with Crippen molar-refractivity contribution < 1.29 is 9.59 Å². The average molecular weight is 319 g/mol. The largest absolute Gasteiger partial charge is 0.352 e. The Morgan fingerprint density at radius 3 is 2.68 bits per heavy atom. The van der Waals surface area contributed by atoms with Gasteiger partial charge in [-0.05, 0) is 19.4 Å². The second-order valence-corrected chi connectivity index (χ2v) is 6.08. The number of benzene rings is 1. The van der Waals surface area contributed by atoms with E-state index in [9.17, 15) is 9.59 Å². The van der Waals surface area contributed by atoms with Gasteiger partial charge >= 0.3 is 0 Å². The third-order valence-corrected chi connectivity index (χ3v) is 4.55. The SMILES string of the molecule is CCN=C1S[C@@H](CC(=O)NCc2ccccc2)C(=O)N1CC. The van der Waals surface area contributed by atoms with Crippen molar-refractivity contribution in [2.24, 2.45) is 4.99 Å². The fourth-order valence-electron chi connectivity index (χ4n) is 2.22. The van der Waals surface area contributed by atoms with Gasteiger partial charge in [0, 0.05) is 26.1 Å². The van der Waals surface area contributed by atoms with Gasteiger partial charge in [0.25, 0.3) is 0 Å². The van der Waals surface area contributed by atoms with E-state index < -0.39 is 0 Å². The smallest absolute Gasteiger partial charge is 0.242 e. The van der Waals surface area contributed by atoms with Crippen molar-refractivity contribution in [1.82, 2.24) is 10.2 Å². The predicted molar refractivity (Wildman–Crippen MR) is 89.6 cm³/mol. The van der Waals surface area contributed by atoms with E-state index in [4.69, 9.17) is 0 Å². The van der Waals surface area contributed by atoms with Crippen LogP contribution in [0.1, 0.15) is 25.8 Å². The Bertz CT molecular complexity index is 560. The molecule has 0 unspecified atom stereocenters. The number of carbonyl (C=O) groups is 2. The van der Waals surface area contributed by atoms with Gasteiger partial charge in [0.15, 0.2) is 5.17 Å². The predicted octanol–water partition coefficient (Wildman–Crippen LogP) is 2.03. The van der Waals surface area contributed by atoms with Crippen LogP contribution in [0.15, 0.2) is 35.3 Å². The third kappa shape index (κ3) is 4.10. The van der Waals surface area contributed by atoms with E-state index in [0.717, 1.165) is 10.7 Å². The Kier molecular flexibility index (Phi) is 6.00. The standard InChI is InChI=1S/C16H21N3O2S/c1-3-17-16-19(4-2)15(21)13(22-16)10-14(20)18-11-12-8-6-5-7-9-12/h5-9,13H,3-4,10-11H2,1-2H3,(H,18,20)/t13-/m0/s1. The fourth-order valence-corrected chi connectivity index (χ4v) is 3.49. The number of nitrogens with zero attached hydrogens (tertiary/aromatic N) is 2. The molecular formula is C16H21N3O2S. The van der Waals surface area contributed by atoms with Crippen molar-refractivity contribution in [2.75, 3.05) is 13.1 Å². The molecule has 1 N–H and O–H groups in total. The van der Waals surface area contributed by atoms with Crippen molar-refractivity contribution in [2.45, 2.75) is 32.1 Å². The Morgan fingerprint density at radius 2 is 2.05 bits per heavy atom. The van der Waals surface area contributed by atoms with Gasteiger partial charge in [0.05, 0.1) is 0 Å². The van der Waals surface area contributed by atoms with Gasteiger partial charge in [-0.15, -0.1) is 0 Å². The number of rotatable bonds is 6. The van der Waals surface area contributed by atoms with Crippen molar-refractivity contribution in [3.63, 3.8) is 0 Å². The molecule has 0 aliphatic carbocycles. The number of aliphatic imine (C=N–C) groups is 1. The van der Waals surface area contributed by atoms with Crippen LogP contribution in [0.2, 0.25) is 0 Å². The monoisotopic (exact) mass is 319 g/mol. The molecule has 6 heteroatoms. The Morgan fingerprint density at radius 1 is 1.32 bits per heavy atom. The molecule has 1 atom stereocenters. The van der Waals surface area contributed by atoms with Gasteiger partial charge < -0.3 is 5.32 Å². The van der Waals surface area contributed by atoms with Gasteiger partial charge in [0.2, 0.25) is 11.8 Å². The van der Waals surface area contributed by atoms with Crippen LogP contribution >= 0.6 is 11.8 Å². The molecule has 0 saturated carbocycles. The summed E-state index contributed by atoms with van der Waals surface area (Å²) in [6.07, 6.45) is 0.190. The molecule has 1 aliphatic heterocycles. The van der Waals surface area contributed by atoms with E-state index in [-0.39, 0.29) is 23.5 Å². The highest BCUT2D eigenvalue weighted by Gasteiger charge is 2.37. The maximum absolute atomic E-state index is 12.3. The lowest BCUT2D eigenvalue weighted by Crippen LogP contribution is -2.34. The highest BCUT2D eigenvalue weighted by Crippen LogP contribution is 2.29. The van der Waals surface area contributed by atoms with E-state index in [1.807, 2.05) is 44.2 Å². The summed E-state index contributed by atoms with van der Waals surface area (Å²) in [4.78, 5) is 30.3. The lowest BCUT2D eigenvalue weighted by atomic mass is 10.2. The van der Waals surface area contributed by atoms with Gasteiger partial charge in [0.1, 0.15) is 5.25 Å². The van der Waals surface area contributed by atoms with Crippen LogP contribution in [0.5, 0.6) is 0 Å². The minimum Gasteiger partial charge on any atom is -0.352 e. The molecule has 1 aromatic carbocycles. The van der Waals surface area contributed by atoms with Gasteiger partial charge in [-0.25, -0.2) is 0 Å². The van der Waals surface area contributed by atoms with Crippen LogP contribution in [0, 0.1) is 0 Å². The summed E-state index contributed by atoms with van der Waals surface area (Å²) in [6.45, 7) is 5.57. The van der Waals surface area contributed by atoms with Crippen molar-refractivity contribution in [3.05, 3.63) is 35.9 Å². The lowest BCUT2D eigenvalue weighted by molar-refractivity contribution is -0.129. The molecule has 1 aliphatic rings. The second kappa shape index (κ2) is 7.98.